The Morgan fingerprint density at radius 2 is 1.85 bits per heavy atom. The van der Waals surface area contributed by atoms with Gasteiger partial charge in [0.25, 0.3) is 0 Å². The van der Waals surface area contributed by atoms with Crippen LogP contribution in [0.5, 0.6) is 0 Å². The van der Waals surface area contributed by atoms with Crippen molar-refractivity contribution in [2.45, 2.75) is 18.8 Å². The van der Waals surface area contributed by atoms with E-state index in [9.17, 15) is 4.79 Å². The van der Waals surface area contributed by atoms with Gasteiger partial charge in [0.05, 0.1) is 19.3 Å². The molecule has 1 aliphatic heterocycles. The molecule has 0 aliphatic carbocycles. The molecule has 1 saturated heterocycles. The van der Waals surface area contributed by atoms with Crippen LogP contribution in [0.3, 0.4) is 0 Å². The lowest BCUT2D eigenvalue weighted by molar-refractivity contribution is 0.0600. The van der Waals surface area contributed by atoms with Crippen molar-refractivity contribution in [2.75, 3.05) is 40.5 Å². The van der Waals surface area contributed by atoms with Crippen molar-refractivity contribution in [3.63, 3.8) is 0 Å². The molecule has 0 aromatic heterocycles. The minimum Gasteiger partial charge on any atom is -0.465 e. The SMILES string of the molecule is COCCN1CCC(c2ccc(C(=O)OC)cc2)CC1. The summed E-state index contributed by atoms with van der Waals surface area (Å²) < 4.78 is 9.83. The largest absolute Gasteiger partial charge is 0.465 e. The zero-order valence-electron chi connectivity index (χ0n) is 12.3. The van der Waals surface area contributed by atoms with Crippen LogP contribution in [0.1, 0.15) is 34.7 Å². The Kier molecular flexibility index (Phi) is 5.56. The fourth-order valence-corrected chi connectivity index (χ4v) is 2.72. The van der Waals surface area contributed by atoms with E-state index in [0.717, 1.165) is 26.2 Å². The van der Waals surface area contributed by atoms with E-state index in [0.29, 0.717) is 11.5 Å². The summed E-state index contributed by atoms with van der Waals surface area (Å²) in [4.78, 5) is 13.9. The number of methoxy groups -OCH3 is 2. The molecule has 1 aromatic carbocycles. The normalized spacial score (nSPS) is 17.1. The fourth-order valence-electron chi connectivity index (χ4n) is 2.72. The van der Waals surface area contributed by atoms with Crippen LogP contribution in [-0.4, -0.2) is 51.3 Å². The lowest BCUT2D eigenvalue weighted by Gasteiger charge is -2.32. The average molecular weight is 277 g/mol. The number of benzene rings is 1. The average Bonchev–Trinajstić information content (AvgIpc) is 2.53. The topological polar surface area (TPSA) is 38.8 Å². The Balaban J connectivity index is 1.89. The molecule has 1 fully saturated rings. The van der Waals surface area contributed by atoms with Gasteiger partial charge in [0.1, 0.15) is 0 Å². The van der Waals surface area contributed by atoms with Gasteiger partial charge in [-0.3, -0.25) is 0 Å². The van der Waals surface area contributed by atoms with Crippen LogP contribution in [-0.2, 0) is 9.47 Å². The van der Waals surface area contributed by atoms with Crippen LogP contribution >= 0.6 is 0 Å². The molecule has 0 N–H and O–H groups in total. The molecule has 1 heterocycles. The van der Waals surface area contributed by atoms with Gasteiger partial charge >= 0.3 is 5.97 Å². The summed E-state index contributed by atoms with van der Waals surface area (Å²) in [7, 11) is 3.15. The molecule has 20 heavy (non-hydrogen) atoms. The van der Waals surface area contributed by atoms with Crippen LogP contribution in [0, 0.1) is 0 Å². The number of hydrogen-bond acceptors (Lipinski definition) is 4. The molecule has 1 aliphatic rings. The summed E-state index contributed by atoms with van der Waals surface area (Å²) in [5, 5.41) is 0. The molecule has 2 rings (SSSR count). The Morgan fingerprint density at radius 1 is 1.20 bits per heavy atom. The first kappa shape index (κ1) is 15.0. The molecule has 0 bridgehead atoms. The van der Waals surface area contributed by atoms with Gasteiger partial charge in [-0.05, 0) is 49.5 Å². The van der Waals surface area contributed by atoms with E-state index in [1.54, 1.807) is 7.11 Å². The molecule has 0 unspecified atom stereocenters. The van der Waals surface area contributed by atoms with Crippen LogP contribution in [0.4, 0.5) is 0 Å². The maximum atomic E-state index is 11.4. The predicted molar refractivity (Wildman–Crippen MR) is 78.1 cm³/mol. The molecule has 0 saturated carbocycles. The summed E-state index contributed by atoms with van der Waals surface area (Å²) in [5.41, 5.74) is 1.94. The Labute approximate surface area is 120 Å². The van der Waals surface area contributed by atoms with Gasteiger partial charge in [-0.25, -0.2) is 4.79 Å². The number of likely N-dealkylation sites (tertiary alicyclic amines) is 1. The van der Waals surface area contributed by atoms with Gasteiger partial charge in [-0.1, -0.05) is 12.1 Å². The van der Waals surface area contributed by atoms with Gasteiger partial charge in [0.2, 0.25) is 0 Å². The summed E-state index contributed by atoms with van der Waals surface area (Å²) >= 11 is 0. The summed E-state index contributed by atoms with van der Waals surface area (Å²) in [6.07, 6.45) is 2.34. The van der Waals surface area contributed by atoms with E-state index in [1.807, 2.05) is 12.1 Å². The second-order valence-corrected chi connectivity index (χ2v) is 5.22. The van der Waals surface area contributed by atoms with Crippen LogP contribution in [0.15, 0.2) is 24.3 Å². The number of carbonyl (C=O) groups excluding carboxylic acids is 1. The molecule has 1 aromatic rings. The van der Waals surface area contributed by atoms with E-state index in [1.165, 1.54) is 25.5 Å². The third-order valence-electron chi connectivity index (χ3n) is 4.00. The van der Waals surface area contributed by atoms with Crippen LogP contribution in [0.2, 0.25) is 0 Å². The molecular weight excluding hydrogens is 254 g/mol. The highest BCUT2D eigenvalue weighted by Crippen LogP contribution is 2.28. The number of rotatable bonds is 5. The molecule has 4 nitrogen and oxygen atoms in total. The molecule has 0 amide bonds. The fraction of sp³-hybridized carbons (Fsp3) is 0.562. The molecule has 0 atom stereocenters. The van der Waals surface area contributed by atoms with E-state index < -0.39 is 0 Å². The molecular formula is C16H23NO3. The molecule has 4 heteroatoms. The minimum absolute atomic E-state index is 0.272. The number of esters is 1. The number of hydrogen-bond donors (Lipinski definition) is 0. The first-order chi connectivity index (χ1) is 9.74. The number of ether oxygens (including phenoxy) is 2. The third kappa shape index (κ3) is 3.81. The summed E-state index contributed by atoms with van der Waals surface area (Å²) in [5.74, 6) is 0.325. The van der Waals surface area contributed by atoms with Gasteiger partial charge in [-0.15, -0.1) is 0 Å². The van der Waals surface area contributed by atoms with Crippen molar-refractivity contribution in [2.24, 2.45) is 0 Å². The second kappa shape index (κ2) is 7.41. The molecule has 110 valence electrons. The quantitative estimate of drug-likeness (QED) is 0.774. The Morgan fingerprint density at radius 3 is 2.40 bits per heavy atom. The van der Waals surface area contributed by atoms with Crippen molar-refractivity contribution in [1.29, 1.82) is 0 Å². The maximum Gasteiger partial charge on any atom is 0.337 e. The first-order valence-corrected chi connectivity index (χ1v) is 7.14. The first-order valence-electron chi connectivity index (χ1n) is 7.14. The summed E-state index contributed by atoms with van der Waals surface area (Å²) in [6, 6.07) is 7.83. The number of piperidine rings is 1. The lowest BCUT2D eigenvalue weighted by atomic mass is 9.89. The van der Waals surface area contributed by atoms with Gasteiger partial charge < -0.3 is 14.4 Å². The van der Waals surface area contributed by atoms with E-state index >= 15 is 0 Å². The second-order valence-electron chi connectivity index (χ2n) is 5.22. The highest BCUT2D eigenvalue weighted by molar-refractivity contribution is 5.89. The van der Waals surface area contributed by atoms with Gasteiger partial charge in [0.15, 0.2) is 0 Å². The Hall–Kier alpha value is -1.39. The minimum atomic E-state index is -0.272. The highest BCUT2D eigenvalue weighted by Gasteiger charge is 2.20. The van der Waals surface area contributed by atoms with Crippen LogP contribution < -0.4 is 0 Å². The van der Waals surface area contributed by atoms with Crippen molar-refractivity contribution < 1.29 is 14.3 Å². The van der Waals surface area contributed by atoms with Gasteiger partial charge in [-0.2, -0.15) is 0 Å². The Bertz CT molecular complexity index is 422. The third-order valence-corrected chi connectivity index (χ3v) is 4.00. The van der Waals surface area contributed by atoms with E-state index in [-0.39, 0.29) is 5.97 Å². The zero-order chi connectivity index (χ0) is 14.4. The monoisotopic (exact) mass is 277 g/mol. The number of carbonyl (C=O) groups is 1. The van der Waals surface area contributed by atoms with Crippen molar-refractivity contribution in [3.05, 3.63) is 35.4 Å². The smallest absolute Gasteiger partial charge is 0.337 e. The predicted octanol–water partition coefficient (Wildman–Crippen LogP) is 2.30. The van der Waals surface area contributed by atoms with Crippen LogP contribution in [0.25, 0.3) is 0 Å². The zero-order valence-corrected chi connectivity index (χ0v) is 12.3. The van der Waals surface area contributed by atoms with Crippen molar-refractivity contribution >= 4 is 5.97 Å². The maximum absolute atomic E-state index is 11.4. The molecule has 0 radical (unpaired) electrons. The molecule has 0 spiro atoms. The highest BCUT2D eigenvalue weighted by atomic mass is 16.5. The number of nitrogens with zero attached hydrogens (tertiary/aromatic N) is 1. The van der Waals surface area contributed by atoms with E-state index in [4.69, 9.17) is 9.47 Å². The lowest BCUT2D eigenvalue weighted by Crippen LogP contribution is -2.35. The van der Waals surface area contributed by atoms with Crippen molar-refractivity contribution in [1.82, 2.24) is 4.90 Å². The standard InChI is InChI=1S/C16H23NO3/c1-19-12-11-17-9-7-14(8-10-17)13-3-5-15(6-4-13)16(18)20-2/h3-6,14H,7-12H2,1-2H3. The van der Waals surface area contributed by atoms with E-state index in [2.05, 4.69) is 17.0 Å². The summed E-state index contributed by atoms with van der Waals surface area (Å²) in [6.45, 7) is 4.06. The van der Waals surface area contributed by atoms with Gasteiger partial charge in [0, 0.05) is 13.7 Å². The van der Waals surface area contributed by atoms with Crippen molar-refractivity contribution in [3.8, 4) is 0 Å².